The Morgan fingerprint density at radius 1 is 1.28 bits per heavy atom. The fourth-order valence-electron chi connectivity index (χ4n) is 1.99. The van der Waals surface area contributed by atoms with Crippen LogP contribution in [0.25, 0.3) is 0 Å². The molecule has 0 radical (unpaired) electrons. The van der Waals surface area contributed by atoms with Crippen molar-refractivity contribution in [2.24, 2.45) is 0 Å². The number of para-hydroxylation sites is 1. The van der Waals surface area contributed by atoms with Crippen molar-refractivity contribution >= 4 is 11.6 Å². The SMILES string of the molecule is CCCCCC(CC)NC(=O)c1ccccc1N. The summed E-state index contributed by atoms with van der Waals surface area (Å²) in [5, 5.41) is 3.06. The Balaban J connectivity index is 2.54. The van der Waals surface area contributed by atoms with Crippen LogP contribution in [0.1, 0.15) is 56.3 Å². The molecule has 0 spiro atoms. The number of hydrogen-bond acceptors (Lipinski definition) is 2. The third kappa shape index (κ3) is 4.40. The first-order valence-electron chi connectivity index (χ1n) is 6.84. The summed E-state index contributed by atoms with van der Waals surface area (Å²) < 4.78 is 0. The number of anilines is 1. The summed E-state index contributed by atoms with van der Waals surface area (Å²) >= 11 is 0. The molecule has 100 valence electrons. The van der Waals surface area contributed by atoms with Gasteiger partial charge in [0, 0.05) is 11.7 Å². The Labute approximate surface area is 110 Å². The number of rotatable bonds is 7. The minimum atomic E-state index is -0.0588. The summed E-state index contributed by atoms with van der Waals surface area (Å²) in [7, 11) is 0. The number of nitrogens with two attached hydrogens (primary N) is 1. The largest absolute Gasteiger partial charge is 0.398 e. The zero-order chi connectivity index (χ0) is 13.4. The molecule has 0 bridgehead atoms. The monoisotopic (exact) mass is 248 g/mol. The Morgan fingerprint density at radius 2 is 2.00 bits per heavy atom. The molecule has 1 aromatic carbocycles. The molecule has 0 saturated carbocycles. The molecule has 0 aromatic heterocycles. The summed E-state index contributed by atoms with van der Waals surface area (Å²) in [6.45, 7) is 4.29. The van der Waals surface area contributed by atoms with Crippen molar-refractivity contribution in [3.63, 3.8) is 0 Å². The van der Waals surface area contributed by atoms with Crippen molar-refractivity contribution < 1.29 is 4.79 Å². The van der Waals surface area contributed by atoms with Gasteiger partial charge in [0.2, 0.25) is 0 Å². The van der Waals surface area contributed by atoms with Crippen LogP contribution in [0.15, 0.2) is 24.3 Å². The Kier molecular flexibility index (Phi) is 6.26. The van der Waals surface area contributed by atoms with Crippen LogP contribution in [0.4, 0.5) is 5.69 Å². The quantitative estimate of drug-likeness (QED) is 0.574. The first kappa shape index (κ1) is 14.6. The molecule has 0 aliphatic carbocycles. The Bertz CT molecular complexity index is 377. The van der Waals surface area contributed by atoms with E-state index in [4.69, 9.17) is 5.73 Å². The van der Waals surface area contributed by atoms with Crippen LogP contribution in [0.2, 0.25) is 0 Å². The van der Waals surface area contributed by atoms with Crippen LogP contribution in [0.5, 0.6) is 0 Å². The van der Waals surface area contributed by atoms with Crippen molar-refractivity contribution in [1.82, 2.24) is 5.32 Å². The second-order valence-corrected chi connectivity index (χ2v) is 4.66. The van der Waals surface area contributed by atoms with Crippen LogP contribution in [-0.2, 0) is 0 Å². The second kappa shape index (κ2) is 7.75. The van der Waals surface area contributed by atoms with Gasteiger partial charge in [-0.05, 0) is 25.0 Å². The lowest BCUT2D eigenvalue weighted by Gasteiger charge is -2.17. The Morgan fingerprint density at radius 3 is 2.61 bits per heavy atom. The summed E-state index contributed by atoms with van der Waals surface area (Å²) in [6.07, 6.45) is 5.60. The second-order valence-electron chi connectivity index (χ2n) is 4.66. The lowest BCUT2D eigenvalue weighted by molar-refractivity contribution is 0.0934. The van der Waals surface area contributed by atoms with Gasteiger partial charge in [-0.2, -0.15) is 0 Å². The zero-order valence-corrected chi connectivity index (χ0v) is 11.4. The number of unbranched alkanes of at least 4 members (excludes halogenated alkanes) is 2. The van der Waals surface area contributed by atoms with Crippen molar-refractivity contribution in [3.05, 3.63) is 29.8 Å². The van der Waals surface area contributed by atoms with Gasteiger partial charge in [-0.1, -0.05) is 45.2 Å². The standard InChI is InChI=1S/C15H24N2O/c1-3-5-6-9-12(4-2)17-15(18)13-10-7-8-11-14(13)16/h7-8,10-12H,3-6,9,16H2,1-2H3,(H,17,18). The van der Waals surface area contributed by atoms with Crippen molar-refractivity contribution in [3.8, 4) is 0 Å². The van der Waals surface area contributed by atoms with Crippen molar-refractivity contribution in [2.45, 2.75) is 52.0 Å². The van der Waals surface area contributed by atoms with Crippen molar-refractivity contribution in [1.29, 1.82) is 0 Å². The van der Waals surface area contributed by atoms with E-state index in [1.54, 1.807) is 12.1 Å². The van der Waals surface area contributed by atoms with Gasteiger partial charge in [0.15, 0.2) is 0 Å². The summed E-state index contributed by atoms with van der Waals surface area (Å²) in [6, 6.07) is 7.45. The predicted molar refractivity (Wildman–Crippen MR) is 76.5 cm³/mol. The molecule has 1 aromatic rings. The first-order chi connectivity index (χ1) is 8.69. The maximum atomic E-state index is 12.1. The van der Waals surface area contributed by atoms with E-state index in [9.17, 15) is 4.79 Å². The van der Waals surface area contributed by atoms with E-state index in [2.05, 4.69) is 19.2 Å². The predicted octanol–water partition coefficient (Wildman–Crippen LogP) is 3.36. The van der Waals surface area contributed by atoms with Gasteiger partial charge in [-0.15, -0.1) is 0 Å². The number of carbonyl (C=O) groups excluding carboxylic acids is 1. The summed E-state index contributed by atoms with van der Waals surface area (Å²) in [5.41, 5.74) is 6.92. The lowest BCUT2D eigenvalue weighted by Crippen LogP contribution is -2.34. The molecule has 0 heterocycles. The average molecular weight is 248 g/mol. The maximum absolute atomic E-state index is 12.1. The maximum Gasteiger partial charge on any atom is 0.253 e. The molecule has 1 rings (SSSR count). The van der Waals surface area contributed by atoms with E-state index in [0.29, 0.717) is 11.3 Å². The van der Waals surface area contributed by atoms with Gasteiger partial charge in [0.25, 0.3) is 5.91 Å². The summed E-state index contributed by atoms with van der Waals surface area (Å²) in [4.78, 5) is 12.1. The Hall–Kier alpha value is -1.51. The molecule has 1 amide bonds. The molecule has 18 heavy (non-hydrogen) atoms. The first-order valence-corrected chi connectivity index (χ1v) is 6.84. The molecule has 0 fully saturated rings. The highest BCUT2D eigenvalue weighted by atomic mass is 16.1. The molecule has 1 atom stereocenters. The van der Waals surface area contributed by atoms with E-state index < -0.39 is 0 Å². The number of carbonyl (C=O) groups is 1. The third-order valence-electron chi connectivity index (χ3n) is 3.19. The van der Waals surface area contributed by atoms with Crippen LogP contribution >= 0.6 is 0 Å². The van der Waals surface area contributed by atoms with Gasteiger partial charge in [-0.3, -0.25) is 4.79 Å². The van der Waals surface area contributed by atoms with Crippen LogP contribution < -0.4 is 11.1 Å². The molecule has 1 unspecified atom stereocenters. The van der Waals surface area contributed by atoms with Crippen LogP contribution in [0.3, 0.4) is 0 Å². The van der Waals surface area contributed by atoms with Gasteiger partial charge >= 0.3 is 0 Å². The molecule has 0 aliphatic heterocycles. The molecular formula is C15H24N2O. The van der Waals surface area contributed by atoms with E-state index >= 15 is 0 Å². The normalized spacial score (nSPS) is 12.1. The molecular weight excluding hydrogens is 224 g/mol. The average Bonchev–Trinajstić information content (AvgIpc) is 2.38. The number of nitrogen functional groups attached to an aromatic ring is 1. The molecule has 3 heteroatoms. The molecule has 0 aliphatic rings. The highest BCUT2D eigenvalue weighted by Crippen LogP contribution is 2.12. The van der Waals surface area contributed by atoms with Gasteiger partial charge in [0.1, 0.15) is 0 Å². The smallest absolute Gasteiger partial charge is 0.253 e. The number of hydrogen-bond donors (Lipinski definition) is 2. The topological polar surface area (TPSA) is 55.1 Å². The minimum Gasteiger partial charge on any atom is -0.398 e. The van der Waals surface area contributed by atoms with E-state index in [-0.39, 0.29) is 11.9 Å². The van der Waals surface area contributed by atoms with E-state index in [1.807, 2.05) is 12.1 Å². The number of amides is 1. The highest BCUT2D eigenvalue weighted by molar-refractivity contribution is 5.99. The fraction of sp³-hybridized carbons (Fsp3) is 0.533. The van der Waals surface area contributed by atoms with Crippen LogP contribution in [-0.4, -0.2) is 11.9 Å². The lowest BCUT2D eigenvalue weighted by atomic mass is 10.1. The van der Waals surface area contributed by atoms with Crippen molar-refractivity contribution in [2.75, 3.05) is 5.73 Å². The highest BCUT2D eigenvalue weighted by Gasteiger charge is 2.13. The molecule has 3 N–H and O–H groups in total. The van der Waals surface area contributed by atoms with E-state index in [1.165, 1.54) is 19.3 Å². The van der Waals surface area contributed by atoms with Gasteiger partial charge in [-0.25, -0.2) is 0 Å². The van der Waals surface area contributed by atoms with Gasteiger partial charge in [0.05, 0.1) is 5.56 Å². The fourth-order valence-corrected chi connectivity index (χ4v) is 1.99. The van der Waals surface area contributed by atoms with Crippen LogP contribution in [0, 0.1) is 0 Å². The summed E-state index contributed by atoms with van der Waals surface area (Å²) in [5.74, 6) is -0.0588. The number of benzene rings is 1. The third-order valence-corrected chi connectivity index (χ3v) is 3.19. The zero-order valence-electron chi connectivity index (χ0n) is 11.4. The van der Waals surface area contributed by atoms with Gasteiger partial charge < -0.3 is 11.1 Å². The molecule has 0 saturated heterocycles. The number of nitrogens with one attached hydrogen (secondary N) is 1. The van der Waals surface area contributed by atoms with E-state index in [0.717, 1.165) is 12.8 Å². The molecule has 3 nitrogen and oxygen atoms in total. The minimum absolute atomic E-state index is 0.0588.